The van der Waals surface area contributed by atoms with Crippen LogP contribution in [-0.2, 0) is 19.5 Å². The van der Waals surface area contributed by atoms with Gasteiger partial charge in [0.25, 0.3) is 0 Å². The minimum Gasteiger partial charge on any atom is -0.343 e. The molecule has 2 N–H and O–H groups in total. The van der Waals surface area contributed by atoms with Crippen LogP contribution < -0.4 is 5.43 Å². The molecule has 4 aromatic rings. The van der Waals surface area contributed by atoms with E-state index >= 15 is 0 Å². The van der Waals surface area contributed by atoms with Crippen LogP contribution in [-0.4, -0.2) is 19.4 Å². The maximum Gasteiger partial charge on any atom is 0.214 e. The molecule has 0 unspecified atom stereocenters. The molecule has 0 atom stereocenters. The lowest BCUT2D eigenvalue weighted by Crippen LogP contribution is -2.17. The molecule has 0 aliphatic carbocycles. The first-order valence-electron chi connectivity index (χ1n) is 9.37. The molecular weight excluding hydrogens is 390 g/mol. The molecule has 0 bridgehead atoms. The van der Waals surface area contributed by atoms with Gasteiger partial charge >= 0.3 is 0 Å². The highest BCUT2D eigenvalue weighted by atomic mass is 35.5. The van der Waals surface area contributed by atoms with Crippen LogP contribution in [0.5, 0.6) is 0 Å². The zero-order chi connectivity index (χ0) is 19.5. The Balaban J connectivity index is 1.64. The van der Waals surface area contributed by atoms with Gasteiger partial charge < -0.3 is 9.99 Å². The summed E-state index contributed by atoms with van der Waals surface area (Å²) in [5.74, 6) is 0.923. The third kappa shape index (κ3) is 3.70. The molecule has 0 aliphatic rings. The predicted octanol–water partition coefficient (Wildman–Crippen LogP) is 5.29. The van der Waals surface area contributed by atoms with Crippen molar-refractivity contribution < 1.29 is 0 Å². The number of benzene rings is 2. The minimum atomic E-state index is 0.586. The number of nitrogens with one attached hydrogen (secondary N) is 2. The molecule has 0 spiro atoms. The lowest BCUT2D eigenvalue weighted by atomic mass is 10.2. The number of fused-ring (bicyclic) bond motifs is 1. The largest absolute Gasteiger partial charge is 0.343 e. The normalized spacial score (nSPS) is 11.2. The van der Waals surface area contributed by atoms with Crippen molar-refractivity contribution in [3.8, 4) is 0 Å². The maximum absolute atomic E-state index is 6.37. The Labute approximate surface area is 173 Å². The van der Waals surface area contributed by atoms with E-state index in [1.807, 2.05) is 22.9 Å². The molecule has 144 valence electrons. The van der Waals surface area contributed by atoms with Crippen LogP contribution in [0.4, 0.5) is 0 Å². The highest BCUT2D eigenvalue weighted by Gasteiger charge is 2.11. The summed E-state index contributed by atoms with van der Waals surface area (Å²) >= 11 is 11.7. The first-order valence-corrected chi connectivity index (χ1v) is 10.2. The van der Waals surface area contributed by atoms with Crippen molar-refractivity contribution in [3.63, 3.8) is 0 Å². The number of hydrogen-bond donors (Lipinski definition) is 2. The van der Waals surface area contributed by atoms with Gasteiger partial charge in [-0.05, 0) is 41.9 Å². The van der Waals surface area contributed by atoms with Gasteiger partial charge in [0.1, 0.15) is 0 Å². The van der Waals surface area contributed by atoms with Crippen molar-refractivity contribution >= 4 is 34.7 Å². The van der Waals surface area contributed by atoms with E-state index < -0.39 is 0 Å². The van der Waals surface area contributed by atoms with Gasteiger partial charge in [-0.2, -0.15) is 5.10 Å². The van der Waals surface area contributed by atoms with E-state index in [1.165, 1.54) is 16.5 Å². The number of para-hydroxylation sites is 1. The van der Waals surface area contributed by atoms with Gasteiger partial charge in [0.05, 0.1) is 6.54 Å². The van der Waals surface area contributed by atoms with Gasteiger partial charge in [0, 0.05) is 35.1 Å². The van der Waals surface area contributed by atoms with E-state index in [0.29, 0.717) is 11.3 Å². The third-order valence-corrected chi connectivity index (χ3v) is 5.46. The first kappa shape index (κ1) is 18.8. The van der Waals surface area contributed by atoms with Crippen LogP contribution in [0.1, 0.15) is 30.3 Å². The van der Waals surface area contributed by atoms with E-state index in [4.69, 9.17) is 23.8 Å². The number of nitrogens with zero attached hydrogens (tertiary/aromatic N) is 3. The van der Waals surface area contributed by atoms with Crippen molar-refractivity contribution in [2.75, 3.05) is 5.43 Å². The third-order valence-electron chi connectivity index (χ3n) is 4.81. The summed E-state index contributed by atoms with van der Waals surface area (Å²) in [7, 11) is 0. The molecule has 28 heavy (non-hydrogen) atoms. The van der Waals surface area contributed by atoms with Crippen LogP contribution in [0.15, 0.2) is 54.7 Å². The molecular formula is C21H22ClN5S. The molecule has 0 fully saturated rings. The van der Waals surface area contributed by atoms with E-state index in [2.05, 4.69) is 63.6 Å². The predicted molar refractivity (Wildman–Crippen MR) is 117 cm³/mol. The lowest BCUT2D eigenvalue weighted by molar-refractivity contribution is 0.730. The molecule has 2 heterocycles. The Hall–Kier alpha value is -2.57. The average molecular weight is 412 g/mol. The Morgan fingerprint density at radius 3 is 2.71 bits per heavy atom. The fourth-order valence-electron chi connectivity index (χ4n) is 3.45. The van der Waals surface area contributed by atoms with Gasteiger partial charge in [0.15, 0.2) is 5.82 Å². The van der Waals surface area contributed by atoms with E-state index in [9.17, 15) is 0 Å². The number of rotatable bonds is 7. The van der Waals surface area contributed by atoms with Crippen LogP contribution >= 0.6 is 23.8 Å². The van der Waals surface area contributed by atoms with Crippen molar-refractivity contribution in [1.82, 2.24) is 19.4 Å². The van der Waals surface area contributed by atoms with E-state index in [0.717, 1.165) is 35.8 Å². The summed E-state index contributed by atoms with van der Waals surface area (Å²) in [6.07, 6.45) is 4.07. The van der Waals surface area contributed by atoms with E-state index in [-0.39, 0.29) is 0 Å². The monoisotopic (exact) mass is 411 g/mol. The highest BCUT2D eigenvalue weighted by molar-refractivity contribution is 7.71. The number of H-pyrrole nitrogens is 1. The van der Waals surface area contributed by atoms with Gasteiger partial charge in [-0.25, -0.2) is 4.68 Å². The Morgan fingerprint density at radius 1 is 1.11 bits per heavy atom. The quantitative estimate of drug-likeness (QED) is 0.406. The molecule has 0 amide bonds. The summed E-state index contributed by atoms with van der Waals surface area (Å²) in [5.41, 5.74) is 6.91. The molecule has 4 rings (SSSR count). The maximum atomic E-state index is 6.37. The SMILES string of the molecule is CCCc1n[nH]c(=S)n1NCc1cn(Cc2ccccc2Cl)c2ccccc12. The van der Waals surface area contributed by atoms with Gasteiger partial charge in [0.2, 0.25) is 4.77 Å². The Kier molecular flexibility index (Phi) is 5.50. The van der Waals surface area contributed by atoms with Gasteiger partial charge in [-0.15, -0.1) is 0 Å². The number of halogens is 1. The molecule has 0 radical (unpaired) electrons. The highest BCUT2D eigenvalue weighted by Crippen LogP contribution is 2.24. The van der Waals surface area contributed by atoms with Crippen LogP contribution in [0.25, 0.3) is 10.9 Å². The molecule has 5 nitrogen and oxygen atoms in total. The molecule has 2 aromatic heterocycles. The summed E-state index contributed by atoms with van der Waals surface area (Å²) in [6.45, 7) is 3.51. The lowest BCUT2D eigenvalue weighted by Gasteiger charge is -2.09. The van der Waals surface area contributed by atoms with Crippen LogP contribution in [0.2, 0.25) is 5.02 Å². The zero-order valence-corrected chi connectivity index (χ0v) is 17.2. The zero-order valence-electron chi connectivity index (χ0n) is 15.7. The second kappa shape index (κ2) is 8.20. The summed E-state index contributed by atoms with van der Waals surface area (Å²) in [6, 6.07) is 16.4. The fraction of sp³-hybridized carbons (Fsp3) is 0.238. The van der Waals surface area contributed by atoms with Gasteiger partial charge in [-0.3, -0.25) is 5.10 Å². The number of aromatic nitrogens is 4. The van der Waals surface area contributed by atoms with Crippen LogP contribution in [0, 0.1) is 4.77 Å². The van der Waals surface area contributed by atoms with Crippen molar-refractivity contribution in [2.24, 2.45) is 0 Å². The Bertz CT molecular complexity index is 1160. The summed E-state index contributed by atoms with van der Waals surface area (Å²) < 4.78 is 4.71. The first-order chi connectivity index (χ1) is 13.7. The van der Waals surface area contributed by atoms with Crippen molar-refractivity contribution in [3.05, 3.63) is 81.5 Å². The molecule has 0 saturated heterocycles. The fourth-order valence-corrected chi connectivity index (χ4v) is 3.86. The smallest absolute Gasteiger partial charge is 0.214 e. The standard InChI is InChI=1S/C21H22ClN5S/c1-2-7-20-24-25-21(28)27(20)23-12-16-14-26(19-11-6-4-9-17(16)19)13-15-8-3-5-10-18(15)22/h3-6,8-11,14,23H,2,7,12-13H2,1H3,(H,25,28). The second-order valence-corrected chi connectivity index (χ2v) is 7.55. The Morgan fingerprint density at radius 2 is 1.89 bits per heavy atom. The average Bonchev–Trinajstić information content (AvgIpc) is 3.23. The number of hydrogen-bond acceptors (Lipinski definition) is 3. The molecule has 7 heteroatoms. The molecule has 0 saturated carbocycles. The molecule has 2 aromatic carbocycles. The minimum absolute atomic E-state index is 0.586. The van der Waals surface area contributed by atoms with Crippen LogP contribution in [0.3, 0.4) is 0 Å². The van der Waals surface area contributed by atoms with Crippen molar-refractivity contribution in [1.29, 1.82) is 0 Å². The molecule has 0 aliphatic heterocycles. The topological polar surface area (TPSA) is 50.6 Å². The summed E-state index contributed by atoms with van der Waals surface area (Å²) in [5, 5.41) is 9.19. The van der Waals surface area contributed by atoms with Gasteiger partial charge in [-0.1, -0.05) is 54.9 Å². The second-order valence-electron chi connectivity index (χ2n) is 6.76. The number of aryl methyl sites for hydroxylation is 1. The number of aromatic amines is 1. The van der Waals surface area contributed by atoms with Crippen molar-refractivity contribution in [2.45, 2.75) is 32.9 Å². The summed E-state index contributed by atoms with van der Waals surface area (Å²) in [4.78, 5) is 0. The van der Waals surface area contributed by atoms with E-state index in [1.54, 1.807) is 0 Å².